The second-order valence-corrected chi connectivity index (χ2v) is 9.40. The summed E-state index contributed by atoms with van der Waals surface area (Å²) in [6.07, 6.45) is 7.08. The first-order valence-electron chi connectivity index (χ1n) is 13.9. The van der Waals surface area contributed by atoms with Gasteiger partial charge in [0.1, 0.15) is 0 Å². The van der Waals surface area contributed by atoms with Gasteiger partial charge in [-0.05, 0) is 70.8 Å². The number of aromatic nitrogens is 2. The number of thiocarbonyl (C=S) groups is 2. The molecular weight excluding hydrogens is 660 g/mol. The molecule has 0 radical (unpaired) electrons. The molecular formula is C38H28FeN6S2. The third-order valence-electron chi connectivity index (χ3n) is 6.02. The van der Waals surface area contributed by atoms with Gasteiger partial charge in [0, 0.05) is 12.4 Å². The van der Waals surface area contributed by atoms with Crippen molar-refractivity contribution in [2.45, 2.75) is 0 Å². The first kappa shape index (κ1) is 37.8. The molecule has 0 saturated carbocycles. The van der Waals surface area contributed by atoms with Crippen molar-refractivity contribution in [3.63, 3.8) is 0 Å². The summed E-state index contributed by atoms with van der Waals surface area (Å²) in [7, 11) is 0. The number of pyridine rings is 2. The third kappa shape index (κ3) is 14.5. The Morgan fingerprint density at radius 3 is 1.04 bits per heavy atom. The van der Waals surface area contributed by atoms with Crippen molar-refractivity contribution in [3.05, 3.63) is 180 Å². The Hall–Kier alpha value is -5.36. The number of aliphatic imine (C=N–C) groups is 2. The van der Waals surface area contributed by atoms with Crippen LogP contribution in [0.4, 0.5) is 11.4 Å². The molecule has 0 aliphatic rings. The average Bonchev–Trinajstić information content (AvgIpc) is 3.13. The van der Waals surface area contributed by atoms with Crippen LogP contribution in [0.1, 0.15) is 11.4 Å². The molecule has 0 saturated heterocycles. The molecule has 9 heteroatoms. The topological polar surface area (TPSA) is 95.1 Å². The summed E-state index contributed by atoms with van der Waals surface area (Å²) >= 11 is 7.40. The summed E-state index contributed by atoms with van der Waals surface area (Å²) in [5.74, 6) is 0. The molecule has 0 aliphatic carbocycles. The molecule has 6 rings (SSSR count). The van der Waals surface area contributed by atoms with Gasteiger partial charge in [0.25, 0.3) is 0 Å². The van der Waals surface area contributed by atoms with Crippen LogP contribution in [0.2, 0.25) is 0 Å². The van der Waals surface area contributed by atoms with E-state index < -0.39 is 0 Å². The monoisotopic (exact) mass is 688 g/mol. The number of hydrogen-bond donors (Lipinski definition) is 0. The van der Waals surface area contributed by atoms with E-state index in [0.29, 0.717) is 0 Å². The molecule has 0 unspecified atom stereocenters. The van der Waals surface area contributed by atoms with Gasteiger partial charge in [0.2, 0.25) is 0 Å². The molecule has 47 heavy (non-hydrogen) atoms. The van der Waals surface area contributed by atoms with Crippen molar-refractivity contribution in [2.75, 3.05) is 0 Å². The largest absolute Gasteiger partial charge is 2.00 e. The second-order valence-electron chi connectivity index (χ2n) is 9.03. The van der Waals surface area contributed by atoms with E-state index >= 15 is 0 Å². The third-order valence-corrected chi connectivity index (χ3v) is 6.02. The smallest absolute Gasteiger partial charge is 0.753 e. The van der Waals surface area contributed by atoms with Crippen LogP contribution in [-0.4, -0.2) is 32.7 Å². The van der Waals surface area contributed by atoms with Crippen molar-refractivity contribution >= 4 is 58.6 Å². The molecule has 2 aromatic heterocycles. The van der Waals surface area contributed by atoms with E-state index in [9.17, 15) is 0 Å². The molecule has 0 fully saturated rings. The summed E-state index contributed by atoms with van der Waals surface area (Å²) in [4.78, 5) is 17.3. The van der Waals surface area contributed by atoms with Gasteiger partial charge in [0.15, 0.2) is 0 Å². The SMILES string of the molecule is C(=Nc1ccc(-c2ccccc2)cc1)c1ccccn1.C(=Nc1ccc(-c2ccccc2)cc1)c1ccccn1.[Fe+2].[N-]=C=S.[N-]=C=S. The Labute approximate surface area is 296 Å². The van der Waals surface area contributed by atoms with Gasteiger partial charge in [-0.15, -0.1) is 0 Å². The van der Waals surface area contributed by atoms with Crippen LogP contribution in [0, 0.1) is 0 Å². The summed E-state index contributed by atoms with van der Waals surface area (Å²) in [6.45, 7) is 0. The van der Waals surface area contributed by atoms with Gasteiger partial charge in [-0.3, -0.25) is 20.0 Å². The second kappa shape index (κ2) is 23.0. The number of isothiocyanates is 2. The maximum atomic E-state index is 7.13. The van der Waals surface area contributed by atoms with Crippen LogP contribution in [0.5, 0.6) is 0 Å². The molecule has 0 atom stereocenters. The fourth-order valence-electron chi connectivity index (χ4n) is 3.93. The predicted octanol–water partition coefficient (Wildman–Crippen LogP) is 10.3. The Morgan fingerprint density at radius 1 is 0.447 bits per heavy atom. The van der Waals surface area contributed by atoms with Crippen LogP contribution in [0.15, 0.2) is 168 Å². The van der Waals surface area contributed by atoms with Crippen LogP contribution >= 0.6 is 24.4 Å². The van der Waals surface area contributed by atoms with Gasteiger partial charge >= 0.3 is 17.1 Å². The Bertz CT molecular complexity index is 1700. The minimum Gasteiger partial charge on any atom is -0.753 e. The van der Waals surface area contributed by atoms with Gasteiger partial charge < -0.3 is 10.8 Å². The van der Waals surface area contributed by atoms with Crippen molar-refractivity contribution in [3.8, 4) is 22.3 Å². The van der Waals surface area contributed by atoms with Crippen molar-refractivity contribution in [1.82, 2.24) is 9.97 Å². The van der Waals surface area contributed by atoms with Crippen LogP contribution in [0.25, 0.3) is 33.1 Å². The minimum absolute atomic E-state index is 0. The molecule has 0 N–H and O–H groups in total. The van der Waals surface area contributed by atoms with Gasteiger partial charge in [0.05, 0.1) is 35.2 Å². The molecule has 0 spiro atoms. The zero-order valence-electron chi connectivity index (χ0n) is 25.0. The van der Waals surface area contributed by atoms with Crippen molar-refractivity contribution in [1.29, 1.82) is 0 Å². The molecule has 4 aromatic carbocycles. The van der Waals surface area contributed by atoms with E-state index in [1.54, 1.807) is 24.8 Å². The standard InChI is InChI=1S/2C18H14N2.2CNS.Fe/c2*1-2-6-15(7-3-1)16-9-11-17(12-10-16)20-14-18-8-4-5-13-19-18;2*2-1-3;/h2*1-14H;;;/q;;2*-1;+2. The van der Waals surface area contributed by atoms with Crippen molar-refractivity contribution in [2.24, 2.45) is 9.98 Å². The Balaban J connectivity index is 0.000000275. The molecule has 0 amide bonds. The van der Waals surface area contributed by atoms with Crippen LogP contribution in [0.3, 0.4) is 0 Å². The zero-order chi connectivity index (χ0) is 32.7. The van der Waals surface area contributed by atoms with E-state index in [0.717, 1.165) is 22.8 Å². The quantitative estimate of drug-likeness (QED) is 0.0989. The van der Waals surface area contributed by atoms with E-state index in [4.69, 9.17) is 10.8 Å². The van der Waals surface area contributed by atoms with Crippen LogP contribution in [-0.2, 0) is 17.1 Å². The Morgan fingerprint density at radius 2 is 0.745 bits per heavy atom. The van der Waals surface area contributed by atoms with Crippen LogP contribution < -0.4 is 0 Å². The van der Waals surface area contributed by atoms with E-state index in [1.165, 1.54) is 32.6 Å². The van der Waals surface area contributed by atoms with E-state index in [2.05, 4.69) is 92.9 Å². The normalized spacial score (nSPS) is 9.53. The molecule has 6 nitrogen and oxygen atoms in total. The van der Waals surface area contributed by atoms with Gasteiger partial charge in [-0.25, -0.2) is 0 Å². The average molecular weight is 689 g/mol. The minimum atomic E-state index is 0. The fraction of sp³-hybridized carbons (Fsp3) is 0. The zero-order valence-corrected chi connectivity index (χ0v) is 27.8. The molecule has 0 aliphatic heterocycles. The number of nitrogens with zero attached hydrogens (tertiary/aromatic N) is 6. The summed E-state index contributed by atoms with van der Waals surface area (Å²) < 4.78 is 0. The molecule has 230 valence electrons. The summed E-state index contributed by atoms with van der Waals surface area (Å²) in [6, 6.07) is 48.6. The fourth-order valence-corrected chi connectivity index (χ4v) is 3.93. The summed E-state index contributed by atoms with van der Waals surface area (Å²) in [5.41, 5.74) is 8.40. The Kier molecular flexibility index (Phi) is 18.5. The molecule has 2 heterocycles. The maximum Gasteiger partial charge on any atom is 2.00 e. The predicted molar refractivity (Wildman–Crippen MR) is 199 cm³/mol. The van der Waals surface area contributed by atoms with Gasteiger partial charge in [-0.1, -0.05) is 121 Å². The number of rotatable bonds is 6. The maximum absolute atomic E-state index is 7.13. The molecule has 6 aromatic rings. The molecule has 0 bridgehead atoms. The number of benzene rings is 4. The van der Waals surface area contributed by atoms with E-state index in [-0.39, 0.29) is 17.1 Å². The van der Waals surface area contributed by atoms with Gasteiger partial charge in [-0.2, -0.15) is 10.3 Å². The van der Waals surface area contributed by atoms with Crippen molar-refractivity contribution < 1.29 is 17.1 Å². The van der Waals surface area contributed by atoms with E-state index in [1.807, 2.05) is 97.1 Å². The first-order chi connectivity index (χ1) is 22.7. The first-order valence-corrected chi connectivity index (χ1v) is 14.7. The summed E-state index contributed by atoms with van der Waals surface area (Å²) in [5, 5.41) is 16.9. The number of hydrogen-bond acceptors (Lipinski definition) is 6.